The highest BCUT2D eigenvalue weighted by Crippen LogP contribution is 2.13. The summed E-state index contributed by atoms with van der Waals surface area (Å²) >= 11 is 0. The zero-order valence-electron chi connectivity index (χ0n) is 20.8. The maximum Gasteiger partial charge on any atom is 0.341 e. The molecule has 1 amide bonds. The monoisotopic (exact) mass is 504 g/mol. The van der Waals surface area contributed by atoms with Crippen LogP contribution < -0.4 is 15.8 Å². The second-order valence-corrected chi connectivity index (χ2v) is 8.10. The van der Waals surface area contributed by atoms with Crippen LogP contribution in [0.5, 0.6) is 5.75 Å². The molecule has 192 valence electrons. The first kappa shape index (κ1) is 25.8. The minimum atomic E-state index is -0.686. The predicted octanol–water partition coefficient (Wildman–Crippen LogP) is 2.76. The minimum absolute atomic E-state index is 0.0128. The smallest absolute Gasteiger partial charge is 0.341 e. The molecule has 10 nitrogen and oxygen atoms in total. The summed E-state index contributed by atoms with van der Waals surface area (Å²) in [5.41, 5.74) is 0.490. The normalized spacial score (nSPS) is 11.7. The van der Waals surface area contributed by atoms with Crippen molar-refractivity contribution in [2.45, 2.75) is 26.3 Å². The molecule has 3 heterocycles. The summed E-state index contributed by atoms with van der Waals surface area (Å²) in [4.78, 5) is 48.2. The van der Waals surface area contributed by atoms with Gasteiger partial charge in [0.05, 0.1) is 25.0 Å². The van der Waals surface area contributed by atoms with Crippen LogP contribution in [0.4, 0.5) is 0 Å². The van der Waals surface area contributed by atoms with Gasteiger partial charge in [-0.3, -0.25) is 14.0 Å². The van der Waals surface area contributed by atoms with E-state index in [-0.39, 0.29) is 41.6 Å². The fraction of sp³-hybridized carbons (Fsp3) is 0.296. The number of aryl methyl sites for hydroxylation is 1. The number of benzene rings is 1. The van der Waals surface area contributed by atoms with Crippen molar-refractivity contribution in [3.05, 3.63) is 82.2 Å². The standard InChI is InChI=1S/C27H28N4O6/c1-3-36-27(34)21-18-20-24(28-22-12-7-8-14-30(22)26(20)33)31(15-9-16-35-2)25(21)29-23(32)13-17-37-19-10-5-4-6-11-19/h4-8,10-12,14,18H,3,9,13,15-17H2,1-2H3. The molecule has 0 spiro atoms. The van der Waals surface area contributed by atoms with Crippen LogP contribution in [-0.2, 0) is 20.8 Å². The van der Waals surface area contributed by atoms with Crippen LogP contribution in [0.3, 0.4) is 0 Å². The topological polar surface area (TPSA) is 113 Å². The summed E-state index contributed by atoms with van der Waals surface area (Å²) in [6.45, 7) is 2.64. The molecule has 0 atom stereocenters. The molecule has 0 bridgehead atoms. The summed E-state index contributed by atoms with van der Waals surface area (Å²) in [6.07, 6.45) is 2.13. The van der Waals surface area contributed by atoms with Gasteiger partial charge >= 0.3 is 5.97 Å². The van der Waals surface area contributed by atoms with Crippen molar-refractivity contribution in [2.24, 2.45) is 4.99 Å². The third-order valence-corrected chi connectivity index (χ3v) is 5.57. The molecular weight excluding hydrogens is 476 g/mol. The van der Waals surface area contributed by atoms with Crippen LogP contribution in [0, 0.1) is 0 Å². The lowest BCUT2D eigenvalue weighted by atomic mass is 10.2. The molecular formula is C27H28N4O6. The number of hydrogen-bond donors (Lipinski definition) is 0. The Labute approximate surface area is 212 Å². The van der Waals surface area contributed by atoms with E-state index in [9.17, 15) is 14.4 Å². The van der Waals surface area contributed by atoms with Gasteiger partial charge in [-0.2, -0.15) is 4.99 Å². The van der Waals surface area contributed by atoms with Gasteiger partial charge in [0, 0.05) is 26.5 Å². The highest BCUT2D eigenvalue weighted by atomic mass is 16.5. The van der Waals surface area contributed by atoms with Gasteiger partial charge in [0.15, 0.2) is 5.49 Å². The minimum Gasteiger partial charge on any atom is -0.493 e. The largest absolute Gasteiger partial charge is 0.493 e. The van der Waals surface area contributed by atoms with E-state index in [4.69, 9.17) is 14.2 Å². The lowest BCUT2D eigenvalue weighted by molar-refractivity contribution is -0.118. The average molecular weight is 505 g/mol. The highest BCUT2D eigenvalue weighted by Gasteiger charge is 2.20. The molecule has 0 saturated heterocycles. The number of fused-ring (bicyclic) bond motifs is 2. The number of rotatable bonds is 10. The molecule has 0 aliphatic carbocycles. The van der Waals surface area contributed by atoms with Crippen LogP contribution in [0.1, 0.15) is 30.1 Å². The Balaban J connectivity index is 1.86. The fourth-order valence-electron chi connectivity index (χ4n) is 3.88. The summed E-state index contributed by atoms with van der Waals surface area (Å²) < 4.78 is 19.1. The Hall–Kier alpha value is -4.31. The van der Waals surface area contributed by atoms with Crippen molar-refractivity contribution >= 4 is 28.6 Å². The summed E-state index contributed by atoms with van der Waals surface area (Å²) in [5, 5.41) is 0.211. The first-order valence-corrected chi connectivity index (χ1v) is 12.0. The number of carbonyl (C=O) groups excluding carboxylic acids is 2. The van der Waals surface area contributed by atoms with Gasteiger partial charge in [0.25, 0.3) is 11.5 Å². The number of esters is 1. The molecule has 1 aromatic carbocycles. The molecule has 3 aromatic heterocycles. The zero-order chi connectivity index (χ0) is 26.2. The number of pyridine rings is 2. The van der Waals surface area contributed by atoms with Gasteiger partial charge in [-0.05, 0) is 43.7 Å². The predicted molar refractivity (Wildman–Crippen MR) is 137 cm³/mol. The fourth-order valence-corrected chi connectivity index (χ4v) is 3.88. The van der Waals surface area contributed by atoms with Crippen molar-refractivity contribution in [2.75, 3.05) is 26.9 Å². The van der Waals surface area contributed by atoms with Crippen molar-refractivity contribution in [1.82, 2.24) is 14.0 Å². The van der Waals surface area contributed by atoms with Crippen molar-refractivity contribution in [1.29, 1.82) is 0 Å². The maximum absolute atomic E-state index is 13.3. The van der Waals surface area contributed by atoms with Crippen LogP contribution in [0.25, 0.3) is 16.7 Å². The molecule has 37 heavy (non-hydrogen) atoms. The number of methoxy groups -OCH3 is 1. The van der Waals surface area contributed by atoms with E-state index in [2.05, 4.69) is 9.98 Å². The molecule has 0 aliphatic heterocycles. The van der Waals surface area contributed by atoms with E-state index in [1.165, 1.54) is 10.5 Å². The molecule has 0 N–H and O–H groups in total. The Kier molecular flexibility index (Phi) is 8.42. The zero-order valence-corrected chi connectivity index (χ0v) is 20.8. The van der Waals surface area contributed by atoms with Crippen LogP contribution in [0.2, 0.25) is 0 Å². The maximum atomic E-state index is 13.3. The van der Waals surface area contributed by atoms with Gasteiger partial charge in [-0.1, -0.05) is 24.3 Å². The Morgan fingerprint density at radius 2 is 1.84 bits per heavy atom. The van der Waals surface area contributed by atoms with Crippen LogP contribution >= 0.6 is 0 Å². The van der Waals surface area contributed by atoms with Gasteiger partial charge in [0.2, 0.25) is 0 Å². The van der Waals surface area contributed by atoms with Crippen LogP contribution in [-0.4, -0.2) is 52.8 Å². The summed E-state index contributed by atoms with van der Waals surface area (Å²) in [5.74, 6) is -0.534. The molecule has 4 rings (SSSR count). The average Bonchev–Trinajstić information content (AvgIpc) is 2.90. The molecule has 0 unspecified atom stereocenters. The summed E-state index contributed by atoms with van der Waals surface area (Å²) in [7, 11) is 1.58. The van der Waals surface area contributed by atoms with Crippen molar-refractivity contribution in [3.8, 4) is 5.75 Å². The summed E-state index contributed by atoms with van der Waals surface area (Å²) in [6, 6.07) is 15.7. The quantitative estimate of drug-likeness (QED) is 0.185. The van der Waals surface area contributed by atoms with Gasteiger partial charge in [0.1, 0.15) is 22.6 Å². The number of amides is 1. The first-order valence-electron chi connectivity index (χ1n) is 12.0. The van der Waals surface area contributed by atoms with E-state index in [0.717, 1.165) is 0 Å². The molecule has 0 saturated carbocycles. The van der Waals surface area contributed by atoms with E-state index < -0.39 is 11.9 Å². The number of ether oxygens (including phenoxy) is 3. The van der Waals surface area contributed by atoms with Gasteiger partial charge < -0.3 is 18.8 Å². The number of para-hydroxylation sites is 1. The number of carbonyl (C=O) groups is 2. The number of hydrogen-bond acceptors (Lipinski definition) is 7. The molecule has 4 aromatic rings. The lowest BCUT2D eigenvalue weighted by Crippen LogP contribution is -2.33. The number of aromatic nitrogens is 3. The van der Waals surface area contributed by atoms with E-state index >= 15 is 0 Å². The number of nitrogens with zero attached hydrogens (tertiary/aromatic N) is 4. The third-order valence-electron chi connectivity index (χ3n) is 5.57. The lowest BCUT2D eigenvalue weighted by Gasteiger charge is -2.15. The van der Waals surface area contributed by atoms with Gasteiger partial charge in [-0.25, -0.2) is 9.78 Å². The third kappa shape index (κ3) is 5.92. The SMILES string of the molecule is CCOC(=O)c1cc2c(=O)n3ccccc3nc2n(CCCOC)c1=NC(=O)CCOc1ccccc1. The highest BCUT2D eigenvalue weighted by molar-refractivity contribution is 5.93. The van der Waals surface area contributed by atoms with Gasteiger partial charge in [-0.15, -0.1) is 0 Å². The Morgan fingerprint density at radius 1 is 1.05 bits per heavy atom. The second kappa shape index (κ2) is 12.1. The van der Waals surface area contributed by atoms with E-state index in [1.54, 1.807) is 55.1 Å². The molecule has 10 heteroatoms. The van der Waals surface area contributed by atoms with Crippen molar-refractivity contribution in [3.63, 3.8) is 0 Å². The first-order chi connectivity index (χ1) is 18.0. The van der Waals surface area contributed by atoms with Crippen molar-refractivity contribution < 1.29 is 23.8 Å². The van der Waals surface area contributed by atoms with E-state index in [1.807, 2.05) is 18.2 Å². The molecule has 0 fully saturated rings. The second-order valence-electron chi connectivity index (χ2n) is 8.10. The molecule has 0 radical (unpaired) electrons. The Morgan fingerprint density at radius 3 is 2.59 bits per heavy atom. The van der Waals surface area contributed by atoms with Crippen LogP contribution in [0.15, 0.2) is 70.6 Å². The molecule has 0 aliphatic rings. The Bertz CT molecular complexity index is 1540. The van der Waals surface area contributed by atoms with E-state index in [0.29, 0.717) is 36.6 Å².